The molecule has 1 radical (unpaired) electrons. The lowest BCUT2D eigenvalue weighted by atomic mass is 10.2. The van der Waals surface area contributed by atoms with Crippen LogP contribution in [0.15, 0.2) is 30.3 Å². The van der Waals surface area contributed by atoms with E-state index in [4.69, 9.17) is 9.47 Å². The molecule has 0 spiro atoms. The summed E-state index contributed by atoms with van der Waals surface area (Å²) < 4.78 is 10.2. The number of esters is 1. The van der Waals surface area contributed by atoms with Gasteiger partial charge in [-0.15, -0.1) is 0 Å². The summed E-state index contributed by atoms with van der Waals surface area (Å²) in [6.45, 7) is 5.26. The Morgan fingerprint density at radius 3 is 2.35 bits per heavy atom. The molecule has 1 aromatic carbocycles. The average molecular weight is 320 g/mol. The molecule has 1 atom stereocenters. The highest BCUT2D eigenvalue weighted by molar-refractivity contribution is 5.79. The summed E-state index contributed by atoms with van der Waals surface area (Å²) in [4.78, 5) is 35.8. The Kier molecular flexibility index (Phi) is 6.75. The van der Waals surface area contributed by atoms with Crippen LogP contribution in [0.1, 0.15) is 32.8 Å². The van der Waals surface area contributed by atoms with Crippen LogP contribution in [0, 0.1) is 0 Å². The molecule has 0 aliphatic carbocycles. The molecule has 23 heavy (non-hydrogen) atoms. The number of rotatable bonds is 6. The number of hydrogen-bond donors (Lipinski definition) is 0. The van der Waals surface area contributed by atoms with Crippen LogP contribution in [0.25, 0.3) is 0 Å². The van der Waals surface area contributed by atoms with E-state index in [2.05, 4.69) is 0 Å². The number of benzene rings is 1. The van der Waals surface area contributed by atoms with Crippen LogP contribution < -0.4 is 0 Å². The second-order valence-electron chi connectivity index (χ2n) is 6.08. The fourth-order valence-corrected chi connectivity index (χ4v) is 1.67. The zero-order valence-corrected chi connectivity index (χ0v) is 13.9. The minimum absolute atomic E-state index is 0.113. The summed E-state index contributed by atoms with van der Waals surface area (Å²) in [6, 6.07) is 8.13. The second-order valence-corrected chi connectivity index (χ2v) is 6.08. The summed E-state index contributed by atoms with van der Waals surface area (Å²) in [5.41, 5.74) is 0.153. The van der Waals surface area contributed by atoms with Gasteiger partial charge in [-0.25, -0.2) is 4.79 Å². The minimum Gasteiger partial charge on any atom is -0.461 e. The van der Waals surface area contributed by atoms with Crippen molar-refractivity contribution in [2.45, 2.75) is 45.4 Å². The molecule has 1 rings (SSSR count). The molecule has 0 aromatic heterocycles. The van der Waals surface area contributed by atoms with Gasteiger partial charge >= 0.3 is 12.1 Å². The van der Waals surface area contributed by atoms with Crippen LogP contribution in [0.5, 0.6) is 0 Å². The maximum atomic E-state index is 11.9. The predicted molar refractivity (Wildman–Crippen MR) is 84.3 cm³/mol. The molecule has 0 fully saturated rings. The van der Waals surface area contributed by atoms with E-state index in [-0.39, 0.29) is 13.0 Å². The maximum absolute atomic E-state index is 11.9. The lowest BCUT2D eigenvalue weighted by Crippen LogP contribution is -2.42. The standard InChI is InChI=1S/C17H22NO5/c1-17(2,3)23-16(21)18(4)14(11-19)10-15(20)22-12-13-8-6-5-7-9-13/h5-9,14H,10,12H2,1-4H3/t14-/m0/s1. The van der Waals surface area contributed by atoms with Gasteiger partial charge in [-0.05, 0) is 26.3 Å². The molecule has 0 saturated carbocycles. The van der Waals surface area contributed by atoms with Crippen molar-refractivity contribution in [3.05, 3.63) is 35.9 Å². The highest BCUT2D eigenvalue weighted by Gasteiger charge is 2.27. The van der Waals surface area contributed by atoms with Crippen molar-refractivity contribution < 1.29 is 23.9 Å². The van der Waals surface area contributed by atoms with Crippen molar-refractivity contribution in [1.82, 2.24) is 4.90 Å². The van der Waals surface area contributed by atoms with Gasteiger partial charge < -0.3 is 14.4 Å². The van der Waals surface area contributed by atoms with Gasteiger partial charge in [0.15, 0.2) is 0 Å². The molecular weight excluding hydrogens is 298 g/mol. The fourth-order valence-electron chi connectivity index (χ4n) is 1.67. The Hall–Kier alpha value is -2.37. The van der Waals surface area contributed by atoms with Crippen molar-refractivity contribution in [1.29, 1.82) is 0 Å². The van der Waals surface area contributed by atoms with Crippen LogP contribution in [-0.4, -0.2) is 41.9 Å². The Morgan fingerprint density at radius 2 is 1.83 bits per heavy atom. The maximum Gasteiger partial charge on any atom is 0.410 e. The molecule has 6 nitrogen and oxygen atoms in total. The molecule has 0 heterocycles. The molecule has 0 unspecified atom stereocenters. The van der Waals surface area contributed by atoms with Crippen molar-refractivity contribution in [3.63, 3.8) is 0 Å². The molecule has 0 bridgehead atoms. The quantitative estimate of drug-likeness (QED) is 0.753. The van der Waals surface area contributed by atoms with Gasteiger partial charge in [-0.1, -0.05) is 30.3 Å². The van der Waals surface area contributed by atoms with E-state index in [1.54, 1.807) is 27.1 Å². The number of nitrogens with zero attached hydrogens (tertiary/aromatic N) is 1. The molecule has 6 heteroatoms. The number of carbonyl (C=O) groups excluding carboxylic acids is 3. The molecular formula is C17H22NO5. The highest BCUT2D eigenvalue weighted by atomic mass is 16.6. The summed E-state index contributed by atoms with van der Waals surface area (Å²) >= 11 is 0. The predicted octanol–water partition coefficient (Wildman–Crippen LogP) is 2.47. The van der Waals surface area contributed by atoms with Crippen molar-refractivity contribution in [3.8, 4) is 0 Å². The topological polar surface area (TPSA) is 72.9 Å². The molecule has 0 aliphatic heterocycles. The Morgan fingerprint density at radius 1 is 1.22 bits per heavy atom. The van der Waals surface area contributed by atoms with E-state index in [1.807, 2.05) is 30.3 Å². The van der Waals surface area contributed by atoms with Gasteiger partial charge in [0.05, 0.1) is 6.42 Å². The number of likely N-dealkylation sites (N-methyl/N-ethyl adjacent to an activating group) is 1. The van der Waals surface area contributed by atoms with E-state index in [0.29, 0.717) is 0 Å². The number of hydrogen-bond acceptors (Lipinski definition) is 5. The number of carbonyl (C=O) groups is 2. The fraction of sp³-hybridized carbons (Fsp3) is 0.471. The zero-order valence-electron chi connectivity index (χ0n) is 13.9. The SMILES string of the molecule is CN(C(=O)OC(C)(C)C)[C@H]([C]=O)CC(=O)OCc1ccccc1. The first kappa shape index (κ1) is 18.7. The molecule has 1 aromatic rings. The third-order valence-electron chi connectivity index (χ3n) is 2.89. The van der Waals surface area contributed by atoms with Gasteiger partial charge in [0.1, 0.15) is 18.2 Å². The van der Waals surface area contributed by atoms with Crippen LogP contribution in [0.2, 0.25) is 0 Å². The Balaban J connectivity index is 2.52. The van der Waals surface area contributed by atoms with E-state index in [0.717, 1.165) is 10.5 Å². The lowest BCUT2D eigenvalue weighted by Gasteiger charge is -2.27. The molecule has 0 saturated heterocycles. The zero-order chi connectivity index (χ0) is 17.5. The van der Waals surface area contributed by atoms with Crippen LogP contribution in [0.4, 0.5) is 4.79 Å². The first-order valence-electron chi connectivity index (χ1n) is 7.26. The highest BCUT2D eigenvalue weighted by Crippen LogP contribution is 2.12. The lowest BCUT2D eigenvalue weighted by molar-refractivity contribution is -0.145. The van der Waals surface area contributed by atoms with E-state index >= 15 is 0 Å². The molecule has 1 amide bonds. The minimum atomic E-state index is -1.05. The third-order valence-corrected chi connectivity index (χ3v) is 2.89. The van der Waals surface area contributed by atoms with Crippen molar-refractivity contribution >= 4 is 18.3 Å². The summed E-state index contributed by atoms with van der Waals surface area (Å²) in [5, 5.41) is 0. The first-order chi connectivity index (χ1) is 10.7. The van der Waals surface area contributed by atoms with Gasteiger partial charge in [-0.3, -0.25) is 9.59 Å². The summed E-state index contributed by atoms with van der Waals surface area (Å²) in [7, 11) is 1.38. The summed E-state index contributed by atoms with van der Waals surface area (Å²) in [5.74, 6) is -0.586. The van der Waals surface area contributed by atoms with Crippen molar-refractivity contribution in [2.75, 3.05) is 7.05 Å². The third kappa shape index (κ3) is 6.95. The van der Waals surface area contributed by atoms with Gasteiger partial charge in [0.2, 0.25) is 6.29 Å². The van der Waals surface area contributed by atoms with E-state index < -0.39 is 23.7 Å². The number of ether oxygens (including phenoxy) is 2. The molecule has 125 valence electrons. The Labute approximate surface area is 136 Å². The largest absolute Gasteiger partial charge is 0.461 e. The van der Waals surface area contributed by atoms with Crippen molar-refractivity contribution in [2.24, 2.45) is 0 Å². The van der Waals surface area contributed by atoms with Crippen LogP contribution in [-0.2, 0) is 25.7 Å². The van der Waals surface area contributed by atoms with E-state index in [1.165, 1.54) is 7.05 Å². The Bertz CT molecular complexity index is 536. The average Bonchev–Trinajstić information content (AvgIpc) is 2.49. The van der Waals surface area contributed by atoms with Crippen LogP contribution in [0.3, 0.4) is 0 Å². The molecule has 0 aliphatic rings. The van der Waals surface area contributed by atoms with E-state index in [9.17, 15) is 14.4 Å². The monoisotopic (exact) mass is 320 g/mol. The van der Waals surface area contributed by atoms with Gasteiger partial charge in [0, 0.05) is 7.05 Å². The van der Waals surface area contributed by atoms with Crippen LogP contribution >= 0.6 is 0 Å². The summed E-state index contributed by atoms with van der Waals surface area (Å²) in [6.07, 6.45) is 0.707. The molecule has 0 N–H and O–H groups in total. The number of amides is 1. The second kappa shape index (κ2) is 8.31. The normalized spacial score (nSPS) is 12.2. The smallest absolute Gasteiger partial charge is 0.410 e. The van der Waals surface area contributed by atoms with Gasteiger partial charge in [-0.2, -0.15) is 0 Å². The first-order valence-corrected chi connectivity index (χ1v) is 7.26. The van der Waals surface area contributed by atoms with Gasteiger partial charge in [0.25, 0.3) is 0 Å².